The van der Waals surface area contributed by atoms with E-state index in [1.807, 2.05) is 24.0 Å². The second-order valence-electron chi connectivity index (χ2n) is 8.46. The van der Waals surface area contributed by atoms with Crippen LogP contribution in [0.5, 0.6) is 0 Å². The lowest BCUT2D eigenvalue weighted by Crippen LogP contribution is -2.38. The molecule has 0 aliphatic carbocycles. The summed E-state index contributed by atoms with van der Waals surface area (Å²) in [4.78, 5) is 15.2. The van der Waals surface area contributed by atoms with Crippen LogP contribution in [0.2, 0.25) is 0 Å². The molecule has 0 aromatic heterocycles. The van der Waals surface area contributed by atoms with Gasteiger partial charge in [-0.25, -0.2) is 12.7 Å². The van der Waals surface area contributed by atoms with Crippen molar-refractivity contribution in [3.8, 4) is 0 Å². The van der Waals surface area contributed by atoms with Gasteiger partial charge in [-0.2, -0.15) is 0 Å². The molecule has 1 aliphatic heterocycles. The van der Waals surface area contributed by atoms with Crippen LogP contribution in [0.3, 0.4) is 0 Å². The molecule has 0 bridgehead atoms. The fourth-order valence-electron chi connectivity index (χ4n) is 4.04. The van der Waals surface area contributed by atoms with Gasteiger partial charge in [0.2, 0.25) is 10.0 Å². The number of hydrogen-bond acceptors (Lipinski definition) is 3. The fraction of sp³-hybridized carbons (Fsp3) is 0.458. The van der Waals surface area contributed by atoms with E-state index >= 15 is 0 Å². The van der Waals surface area contributed by atoms with E-state index in [1.165, 1.54) is 24.0 Å². The van der Waals surface area contributed by atoms with Gasteiger partial charge in [-0.15, -0.1) is 0 Å². The van der Waals surface area contributed by atoms with Crippen LogP contribution in [0.1, 0.15) is 46.3 Å². The van der Waals surface area contributed by atoms with Gasteiger partial charge in [0.1, 0.15) is 0 Å². The third-order valence-electron chi connectivity index (χ3n) is 6.21. The molecule has 0 N–H and O–H groups in total. The molecule has 5 nitrogen and oxygen atoms in total. The van der Waals surface area contributed by atoms with Crippen molar-refractivity contribution in [2.24, 2.45) is 5.92 Å². The molecule has 2 aromatic carbocycles. The van der Waals surface area contributed by atoms with Crippen LogP contribution in [0, 0.1) is 19.8 Å². The first-order valence-corrected chi connectivity index (χ1v) is 12.0. The van der Waals surface area contributed by atoms with Gasteiger partial charge < -0.3 is 4.90 Å². The predicted octanol–water partition coefficient (Wildman–Crippen LogP) is 4.04. The molecule has 1 saturated heterocycles. The van der Waals surface area contributed by atoms with Crippen molar-refractivity contribution >= 4 is 15.9 Å². The van der Waals surface area contributed by atoms with Crippen LogP contribution in [0.4, 0.5) is 0 Å². The Hall–Kier alpha value is -2.18. The molecule has 0 atom stereocenters. The smallest absolute Gasteiger partial charge is 0.253 e. The molecular weight excluding hydrogens is 396 g/mol. The minimum absolute atomic E-state index is 0.0742. The lowest BCUT2D eigenvalue weighted by molar-refractivity contribution is 0.0686. The Morgan fingerprint density at radius 3 is 2.30 bits per heavy atom. The topological polar surface area (TPSA) is 57.7 Å². The van der Waals surface area contributed by atoms with E-state index in [1.54, 1.807) is 13.0 Å². The molecular formula is C24H32N2O3S. The summed E-state index contributed by atoms with van der Waals surface area (Å²) in [6.07, 6.45) is 4.20. The SMILES string of the molecule is Cc1cc(C(=O)N2CCC(CCc3ccccc3)CC2)cc(S(=O)(=O)N(C)C)c1C. The number of carbonyl (C=O) groups is 1. The van der Waals surface area contributed by atoms with E-state index in [0.29, 0.717) is 17.0 Å². The highest BCUT2D eigenvalue weighted by molar-refractivity contribution is 7.89. The summed E-state index contributed by atoms with van der Waals surface area (Å²) in [5, 5.41) is 0. The molecule has 2 aromatic rings. The maximum absolute atomic E-state index is 13.1. The van der Waals surface area contributed by atoms with Crippen molar-refractivity contribution in [1.82, 2.24) is 9.21 Å². The third-order valence-corrected chi connectivity index (χ3v) is 8.15. The van der Waals surface area contributed by atoms with Crippen molar-refractivity contribution in [3.05, 3.63) is 64.7 Å². The van der Waals surface area contributed by atoms with Gasteiger partial charge in [0.15, 0.2) is 0 Å². The maximum atomic E-state index is 13.1. The number of nitrogens with zero attached hydrogens (tertiary/aromatic N) is 2. The highest BCUT2D eigenvalue weighted by atomic mass is 32.2. The summed E-state index contributed by atoms with van der Waals surface area (Å²) in [7, 11) is -0.571. The quantitative estimate of drug-likeness (QED) is 0.698. The van der Waals surface area contributed by atoms with E-state index in [4.69, 9.17) is 0 Å². The van der Waals surface area contributed by atoms with Crippen LogP contribution in [-0.4, -0.2) is 50.7 Å². The van der Waals surface area contributed by atoms with Crippen molar-refractivity contribution in [2.75, 3.05) is 27.2 Å². The molecule has 0 radical (unpaired) electrons. The largest absolute Gasteiger partial charge is 0.339 e. The molecule has 1 amide bonds. The number of likely N-dealkylation sites (tertiary alicyclic amines) is 1. The van der Waals surface area contributed by atoms with Crippen LogP contribution >= 0.6 is 0 Å². The summed E-state index contributed by atoms with van der Waals surface area (Å²) >= 11 is 0. The van der Waals surface area contributed by atoms with E-state index < -0.39 is 10.0 Å². The molecule has 162 valence electrons. The van der Waals surface area contributed by atoms with Crippen molar-refractivity contribution in [2.45, 2.75) is 44.4 Å². The summed E-state index contributed by atoms with van der Waals surface area (Å²) in [5.41, 5.74) is 3.33. The second kappa shape index (κ2) is 9.31. The Morgan fingerprint density at radius 2 is 1.70 bits per heavy atom. The summed E-state index contributed by atoms with van der Waals surface area (Å²) in [5.74, 6) is 0.550. The van der Waals surface area contributed by atoms with E-state index in [-0.39, 0.29) is 10.8 Å². The zero-order chi connectivity index (χ0) is 21.9. The predicted molar refractivity (Wildman–Crippen MR) is 120 cm³/mol. The van der Waals surface area contributed by atoms with Gasteiger partial charge in [-0.05, 0) is 74.3 Å². The van der Waals surface area contributed by atoms with E-state index in [0.717, 1.165) is 44.3 Å². The van der Waals surface area contributed by atoms with Crippen molar-refractivity contribution in [1.29, 1.82) is 0 Å². The number of hydrogen-bond donors (Lipinski definition) is 0. The Balaban J connectivity index is 1.67. The highest BCUT2D eigenvalue weighted by Crippen LogP contribution is 2.27. The number of aryl methyl sites for hydroxylation is 2. The highest BCUT2D eigenvalue weighted by Gasteiger charge is 2.27. The van der Waals surface area contributed by atoms with Gasteiger partial charge >= 0.3 is 0 Å². The molecule has 1 heterocycles. The number of carbonyl (C=O) groups excluding carboxylic acids is 1. The lowest BCUT2D eigenvalue weighted by atomic mass is 9.90. The third kappa shape index (κ3) is 4.93. The Morgan fingerprint density at radius 1 is 1.07 bits per heavy atom. The molecule has 6 heteroatoms. The second-order valence-corrected chi connectivity index (χ2v) is 10.6. The molecule has 3 rings (SSSR count). The first kappa shape index (κ1) is 22.5. The van der Waals surface area contributed by atoms with Gasteiger partial charge in [-0.3, -0.25) is 4.79 Å². The monoisotopic (exact) mass is 428 g/mol. The minimum Gasteiger partial charge on any atom is -0.339 e. The molecule has 0 saturated carbocycles. The molecule has 1 fully saturated rings. The number of sulfonamides is 1. The Labute approximate surface area is 180 Å². The zero-order valence-electron chi connectivity index (χ0n) is 18.4. The number of amides is 1. The first-order valence-electron chi connectivity index (χ1n) is 10.6. The van der Waals surface area contributed by atoms with Gasteiger partial charge in [0.05, 0.1) is 4.90 Å². The lowest BCUT2D eigenvalue weighted by Gasteiger charge is -2.32. The van der Waals surface area contributed by atoms with Crippen LogP contribution < -0.4 is 0 Å². The van der Waals surface area contributed by atoms with Gasteiger partial charge in [0, 0.05) is 32.7 Å². The summed E-state index contributed by atoms with van der Waals surface area (Å²) in [6, 6.07) is 13.9. The Kier molecular flexibility index (Phi) is 6.98. The van der Waals surface area contributed by atoms with Crippen LogP contribution in [0.15, 0.2) is 47.4 Å². The van der Waals surface area contributed by atoms with Crippen molar-refractivity contribution < 1.29 is 13.2 Å². The summed E-state index contributed by atoms with van der Waals surface area (Å²) in [6.45, 7) is 5.09. The maximum Gasteiger partial charge on any atom is 0.253 e. The minimum atomic E-state index is -3.60. The standard InChI is InChI=1S/C24H32N2O3S/c1-18-16-22(17-23(19(18)2)30(28,29)25(3)4)24(27)26-14-12-21(13-15-26)11-10-20-8-6-5-7-9-20/h5-9,16-17,21H,10-15H2,1-4H3. The summed E-state index contributed by atoms with van der Waals surface area (Å²) < 4.78 is 26.6. The zero-order valence-corrected chi connectivity index (χ0v) is 19.2. The number of piperidine rings is 1. The van der Waals surface area contributed by atoms with Gasteiger partial charge in [0.25, 0.3) is 5.91 Å². The molecule has 1 aliphatic rings. The molecule has 0 spiro atoms. The number of benzene rings is 2. The normalized spacial score (nSPS) is 15.6. The Bertz CT molecular complexity index is 993. The molecule has 0 unspecified atom stereocenters. The van der Waals surface area contributed by atoms with Gasteiger partial charge in [-0.1, -0.05) is 30.3 Å². The van der Waals surface area contributed by atoms with E-state index in [2.05, 4.69) is 24.3 Å². The first-order chi connectivity index (χ1) is 14.2. The van der Waals surface area contributed by atoms with Crippen LogP contribution in [0.25, 0.3) is 0 Å². The average molecular weight is 429 g/mol. The fourth-order valence-corrected chi connectivity index (χ4v) is 5.26. The number of rotatable bonds is 6. The average Bonchev–Trinajstić information content (AvgIpc) is 2.74. The van der Waals surface area contributed by atoms with Crippen LogP contribution in [-0.2, 0) is 16.4 Å². The molecule has 30 heavy (non-hydrogen) atoms. The van der Waals surface area contributed by atoms with E-state index in [9.17, 15) is 13.2 Å². The van der Waals surface area contributed by atoms with Crippen molar-refractivity contribution in [3.63, 3.8) is 0 Å².